The minimum atomic E-state index is -4.27. The predicted octanol–water partition coefficient (Wildman–Crippen LogP) is 3.72. The molecule has 0 aliphatic rings. The van der Waals surface area contributed by atoms with Gasteiger partial charge in [-0.25, -0.2) is 13.2 Å². The molecule has 0 aliphatic carbocycles. The molecule has 0 aliphatic heterocycles. The highest BCUT2D eigenvalue weighted by molar-refractivity contribution is 7.92. The van der Waals surface area contributed by atoms with Gasteiger partial charge in [0, 0.05) is 24.1 Å². The summed E-state index contributed by atoms with van der Waals surface area (Å²) in [6.07, 6.45) is 0. The van der Waals surface area contributed by atoms with Crippen molar-refractivity contribution in [1.82, 2.24) is 9.13 Å². The quantitative estimate of drug-likeness (QED) is 0.498. The summed E-state index contributed by atoms with van der Waals surface area (Å²) in [5.74, 6) is -0.740. The lowest BCUT2D eigenvalue weighted by atomic mass is 10.2. The number of benzene rings is 2. The van der Waals surface area contributed by atoms with Crippen LogP contribution in [0.25, 0.3) is 11.0 Å². The van der Waals surface area contributed by atoms with E-state index in [9.17, 15) is 18.0 Å². The van der Waals surface area contributed by atoms with Gasteiger partial charge in [-0.15, -0.1) is 0 Å². The van der Waals surface area contributed by atoms with Crippen molar-refractivity contribution in [3.63, 3.8) is 0 Å². The molecule has 0 saturated carbocycles. The zero-order valence-corrected chi connectivity index (χ0v) is 20.5. The molecule has 0 atom stereocenters. The molecule has 0 saturated heterocycles. The van der Waals surface area contributed by atoms with E-state index in [-0.39, 0.29) is 26.3 Å². The largest absolute Gasteiger partial charge is 0.459 e. The Kier molecular flexibility index (Phi) is 6.38. The molecule has 0 unspecified atom stereocenters. The fourth-order valence-corrected chi connectivity index (χ4v) is 5.39. The molecule has 1 aromatic heterocycles. The second-order valence-electron chi connectivity index (χ2n) is 8.28. The Morgan fingerprint density at radius 1 is 1.00 bits per heavy atom. The third kappa shape index (κ3) is 4.79. The molecule has 8 nitrogen and oxygen atoms in total. The first-order valence-electron chi connectivity index (χ1n) is 9.57. The van der Waals surface area contributed by atoms with Gasteiger partial charge in [-0.1, -0.05) is 23.2 Å². The maximum absolute atomic E-state index is 13.6. The molecule has 32 heavy (non-hydrogen) atoms. The van der Waals surface area contributed by atoms with E-state index in [2.05, 4.69) is 0 Å². The number of hydrogen-bond acceptors (Lipinski definition) is 5. The van der Waals surface area contributed by atoms with E-state index in [4.69, 9.17) is 27.9 Å². The summed E-state index contributed by atoms with van der Waals surface area (Å²) < 4.78 is 36.2. The first-order valence-corrected chi connectivity index (χ1v) is 11.8. The number of halogens is 2. The van der Waals surface area contributed by atoms with Crippen LogP contribution in [-0.4, -0.2) is 35.7 Å². The lowest BCUT2D eigenvalue weighted by Crippen LogP contribution is -2.39. The van der Waals surface area contributed by atoms with E-state index in [1.165, 1.54) is 39.5 Å². The van der Waals surface area contributed by atoms with E-state index in [1.807, 2.05) is 0 Å². The smallest absolute Gasteiger partial charge is 0.328 e. The highest BCUT2D eigenvalue weighted by Gasteiger charge is 2.30. The lowest BCUT2D eigenvalue weighted by molar-refractivity contribution is -0.152. The van der Waals surface area contributed by atoms with Crippen LogP contribution in [0.2, 0.25) is 10.0 Å². The van der Waals surface area contributed by atoms with Crippen LogP contribution in [0.15, 0.2) is 46.1 Å². The first kappa shape index (κ1) is 24.2. The van der Waals surface area contributed by atoms with Gasteiger partial charge in [0.15, 0.2) is 0 Å². The number of hydrogen-bond donors (Lipinski definition) is 0. The van der Waals surface area contributed by atoms with Crippen molar-refractivity contribution in [1.29, 1.82) is 0 Å². The van der Waals surface area contributed by atoms with Crippen LogP contribution in [0.5, 0.6) is 0 Å². The van der Waals surface area contributed by atoms with Gasteiger partial charge < -0.3 is 4.74 Å². The highest BCUT2D eigenvalue weighted by atomic mass is 35.5. The Bertz CT molecular complexity index is 1350. The predicted molar refractivity (Wildman–Crippen MR) is 125 cm³/mol. The maximum Gasteiger partial charge on any atom is 0.328 e. The number of aryl methyl sites for hydroxylation is 2. The number of sulfonamides is 1. The van der Waals surface area contributed by atoms with E-state index in [0.29, 0.717) is 11.0 Å². The van der Waals surface area contributed by atoms with Crippen molar-refractivity contribution in [3.8, 4) is 0 Å². The van der Waals surface area contributed by atoms with Gasteiger partial charge in [0.2, 0.25) is 0 Å². The summed E-state index contributed by atoms with van der Waals surface area (Å²) in [4.78, 5) is 24.7. The van der Waals surface area contributed by atoms with Crippen molar-refractivity contribution in [2.45, 2.75) is 31.3 Å². The van der Waals surface area contributed by atoms with Crippen LogP contribution >= 0.6 is 23.2 Å². The third-order valence-corrected chi connectivity index (χ3v) is 6.85. The van der Waals surface area contributed by atoms with Crippen LogP contribution in [-0.2, 0) is 33.7 Å². The fraction of sp³-hybridized carbons (Fsp3) is 0.333. The van der Waals surface area contributed by atoms with E-state index >= 15 is 0 Å². The molecule has 11 heteroatoms. The van der Waals surface area contributed by atoms with Crippen molar-refractivity contribution in [2.75, 3.05) is 10.8 Å². The number of anilines is 1. The lowest BCUT2D eigenvalue weighted by Gasteiger charge is -2.26. The molecule has 0 bridgehead atoms. The Labute approximate surface area is 196 Å². The van der Waals surface area contributed by atoms with Gasteiger partial charge in [-0.2, -0.15) is 0 Å². The molecule has 3 aromatic rings. The number of imidazole rings is 1. The van der Waals surface area contributed by atoms with E-state index in [1.54, 1.807) is 40.9 Å². The molecular weight excluding hydrogens is 477 g/mol. The van der Waals surface area contributed by atoms with Gasteiger partial charge in [0.1, 0.15) is 12.1 Å². The van der Waals surface area contributed by atoms with Crippen LogP contribution in [0.4, 0.5) is 5.69 Å². The topological polar surface area (TPSA) is 90.6 Å². The average molecular weight is 500 g/mol. The minimum Gasteiger partial charge on any atom is -0.459 e. The molecule has 172 valence electrons. The van der Waals surface area contributed by atoms with E-state index < -0.39 is 28.1 Å². The second kappa shape index (κ2) is 8.46. The Balaban J connectivity index is 2.18. The van der Waals surface area contributed by atoms with Crippen LogP contribution in [0.1, 0.15) is 20.8 Å². The average Bonchev–Trinajstić information content (AvgIpc) is 2.88. The minimum absolute atomic E-state index is 0.134. The van der Waals surface area contributed by atoms with Crippen molar-refractivity contribution in [3.05, 3.63) is 56.9 Å². The number of carbonyl (C=O) groups excluding carboxylic acids is 1. The second-order valence-corrected chi connectivity index (χ2v) is 11.0. The normalized spacial score (nSPS) is 12.2. The molecule has 1 heterocycles. The number of esters is 1. The molecule has 0 radical (unpaired) electrons. The zero-order chi connectivity index (χ0) is 24.0. The number of carbonyl (C=O) groups is 1. The number of aromatic nitrogens is 2. The molecule has 0 amide bonds. The molecule has 0 spiro atoms. The number of nitrogens with zero attached hydrogens (tertiary/aromatic N) is 3. The number of fused-ring (bicyclic) bond motifs is 1. The van der Waals surface area contributed by atoms with Gasteiger partial charge >= 0.3 is 11.7 Å². The summed E-state index contributed by atoms with van der Waals surface area (Å²) in [6.45, 7) is 4.47. The highest BCUT2D eigenvalue weighted by Crippen LogP contribution is 2.30. The van der Waals surface area contributed by atoms with Gasteiger partial charge in [-0.3, -0.25) is 18.2 Å². The molecule has 3 rings (SSSR count). The maximum atomic E-state index is 13.6. The first-order chi connectivity index (χ1) is 14.7. The molecule has 0 fully saturated rings. The number of ether oxygens (including phenoxy) is 1. The summed E-state index contributed by atoms with van der Waals surface area (Å²) >= 11 is 12.0. The van der Waals surface area contributed by atoms with Gasteiger partial charge in [0.25, 0.3) is 10.0 Å². The summed E-state index contributed by atoms with van der Waals surface area (Å²) in [5, 5.41) is 0.267. The van der Waals surface area contributed by atoms with Crippen molar-refractivity contribution < 1.29 is 17.9 Å². The molecular formula is C21H23Cl2N3O5S. The summed E-state index contributed by atoms with van der Waals surface area (Å²) in [7, 11) is -1.07. The fourth-order valence-electron chi connectivity index (χ4n) is 3.26. The van der Waals surface area contributed by atoms with Crippen molar-refractivity contribution >= 4 is 55.9 Å². The Morgan fingerprint density at radius 2 is 1.56 bits per heavy atom. The Hall–Kier alpha value is -2.49. The SMILES string of the molecule is Cn1c(=O)n(C)c2cc(N(CC(=O)OC(C)(C)C)S(=O)(=O)c3cc(Cl)cc(Cl)c3)ccc21. The van der Waals surface area contributed by atoms with Crippen molar-refractivity contribution in [2.24, 2.45) is 14.1 Å². The molecule has 0 N–H and O–H groups in total. The van der Waals surface area contributed by atoms with Crippen LogP contribution < -0.4 is 9.99 Å². The standard InChI is InChI=1S/C21H23Cl2N3O5S/c1-21(2,3)31-19(27)12-26(32(29,30)16-9-13(22)8-14(23)10-16)15-6-7-17-18(11-15)25(5)20(28)24(17)4/h6-11H,12H2,1-5H3. The summed E-state index contributed by atoms with van der Waals surface area (Å²) in [6, 6.07) is 8.59. The molecule has 2 aromatic carbocycles. The number of rotatable bonds is 5. The van der Waals surface area contributed by atoms with Crippen LogP contribution in [0, 0.1) is 0 Å². The van der Waals surface area contributed by atoms with Gasteiger partial charge in [0.05, 0.1) is 21.6 Å². The third-order valence-electron chi connectivity index (χ3n) is 4.66. The van der Waals surface area contributed by atoms with E-state index in [0.717, 1.165) is 4.31 Å². The monoisotopic (exact) mass is 499 g/mol. The van der Waals surface area contributed by atoms with Crippen LogP contribution in [0.3, 0.4) is 0 Å². The van der Waals surface area contributed by atoms with Gasteiger partial charge in [-0.05, 0) is 57.2 Å². The Morgan fingerprint density at radius 3 is 2.12 bits per heavy atom. The zero-order valence-electron chi connectivity index (χ0n) is 18.2. The summed E-state index contributed by atoms with van der Waals surface area (Å²) in [5.41, 5.74) is 0.227.